The third kappa shape index (κ3) is 5.63. The van der Waals surface area contributed by atoms with Gasteiger partial charge in [0.2, 0.25) is 15.9 Å². The van der Waals surface area contributed by atoms with Gasteiger partial charge >= 0.3 is 0 Å². The van der Waals surface area contributed by atoms with Gasteiger partial charge in [-0.25, -0.2) is 8.42 Å². The van der Waals surface area contributed by atoms with Crippen LogP contribution in [0.15, 0.2) is 47.4 Å². The third-order valence-corrected chi connectivity index (χ3v) is 7.13. The first-order valence-electron chi connectivity index (χ1n) is 8.82. The maximum atomic E-state index is 13.3. The van der Waals surface area contributed by atoms with Gasteiger partial charge in [-0.05, 0) is 42.0 Å². The Morgan fingerprint density at radius 1 is 1.00 bits per heavy atom. The zero-order valence-corrected chi connectivity index (χ0v) is 18.4. The lowest BCUT2D eigenvalue weighted by molar-refractivity contribution is -0.135. The van der Waals surface area contributed by atoms with Crippen molar-refractivity contribution in [3.8, 4) is 0 Å². The molecule has 0 spiro atoms. The fourth-order valence-electron chi connectivity index (χ4n) is 2.89. The summed E-state index contributed by atoms with van der Waals surface area (Å²) in [6.45, 7) is 1.32. The van der Waals surface area contributed by atoms with Crippen LogP contribution in [0.5, 0.6) is 0 Å². The smallest absolute Gasteiger partial charge is 0.243 e. The monoisotopic (exact) mass is 476 g/mol. The van der Waals surface area contributed by atoms with Crippen LogP contribution < -0.4 is 0 Å². The van der Waals surface area contributed by atoms with Crippen molar-refractivity contribution in [1.82, 2.24) is 9.21 Å². The number of halogens is 3. The molecule has 1 aliphatic heterocycles. The van der Waals surface area contributed by atoms with Crippen molar-refractivity contribution in [2.45, 2.75) is 11.4 Å². The van der Waals surface area contributed by atoms with E-state index in [4.69, 9.17) is 39.5 Å². The van der Waals surface area contributed by atoms with Crippen molar-refractivity contribution in [3.05, 3.63) is 63.1 Å². The number of ether oxygens (including phenoxy) is 1. The summed E-state index contributed by atoms with van der Waals surface area (Å²) in [5.74, 6) is -0.295. The second-order valence-corrected chi connectivity index (χ2v) is 9.67. The van der Waals surface area contributed by atoms with Gasteiger partial charge in [-0.2, -0.15) is 4.31 Å². The highest BCUT2D eigenvalue weighted by molar-refractivity contribution is 7.89. The lowest BCUT2D eigenvalue weighted by atomic mass is 10.2. The van der Waals surface area contributed by atoms with Gasteiger partial charge in [0.1, 0.15) is 0 Å². The summed E-state index contributed by atoms with van der Waals surface area (Å²) in [6.07, 6.45) is 0. The summed E-state index contributed by atoms with van der Waals surface area (Å²) in [6, 6.07) is 10.6. The molecule has 0 aromatic heterocycles. The van der Waals surface area contributed by atoms with E-state index < -0.39 is 10.0 Å². The number of amides is 1. The molecule has 2 aromatic carbocycles. The second-order valence-electron chi connectivity index (χ2n) is 6.46. The van der Waals surface area contributed by atoms with E-state index in [1.807, 2.05) is 0 Å². The van der Waals surface area contributed by atoms with E-state index in [1.54, 1.807) is 17.0 Å². The van der Waals surface area contributed by atoms with E-state index >= 15 is 0 Å². The molecular weight excluding hydrogens is 459 g/mol. The Morgan fingerprint density at radius 3 is 2.24 bits per heavy atom. The highest BCUT2D eigenvalue weighted by Crippen LogP contribution is 2.26. The summed E-state index contributed by atoms with van der Waals surface area (Å²) in [4.78, 5) is 14.4. The minimum Gasteiger partial charge on any atom is -0.378 e. The molecular formula is C19H19Cl3N2O4S. The quantitative estimate of drug-likeness (QED) is 0.636. The predicted molar refractivity (Wildman–Crippen MR) is 113 cm³/mol. The zero-order chi connectivity index (χ0) is 21.0. The van der Waals surface area contributed by atoms with Gasteiger partial charge in [0.15, 0.2) is 0 Å². The number of hydrogen-bond donors (Lipinski definition) is 0. The Morgan fingerprint density at radius 2 is 1.62 bits per heavy atom. The van der Waals surface area contributed by atoms with Crippen molar-refractivity contribution < 1.29 is 17.9 Å². The van der Waals surface area contributed by atoms with Crippen LogP contribution in [-0.4, -0.2) is 56.4 Å². The molecule has 0 aliphatic carbocycles. The fourth-order valence-corrected chi connectivity index (χ4v) is 4.85. The molecule has 10 heteroatoms. The second kappa shape index (κ2) is 9.64. The molecule has 1 saturated heterocycles. The lowest BCUT2D eigenvalue weighted by Gasteiger charge is -2.30. The molecule has 3 rings (SSSR count). The van der Waals surface area contributed by atoms with E-state index in [0.29, 0.717) is 46.9 Å². The average Bonchev–Trinajstić information content (AvgIpc) is 2.70. The van der Waals surface area contributed by atoms with E-state index in [0.717, 1.165) is 4.31 Å². The van der Waals surface area contributed by atoms with Gasteiger partial charge in [-0.1, -0.05) is 40.9 Å². The molecule has 6 nitrogen and oxygen atoms in total. The topological polar surface area (TPSA) is 66.9 Å². The first-order valence-corrected chi connectivity index (χ1v) is 11.4. The van der Waals surface area contributed by atoms with Crippen LogP contribution in [0, 0.1) is 0 Å². The molecule has 156 valence electrons. The number of carbonyl (C=O) groups is 1. The highest BCUT2D eigenvalue weighted by Gasteiger charge is 2.29. The maximum Gasteiger partial charge on any atom is 0.243 e. The van der Waals surface area contributed by atoms with Crippen LogP contribution in [0.3, 0.4) is 0 Å². The van der Waals surface area contributed by atoms with Crippen LogP contribution in [0.2, 0.25) is 15.1 Å². The summed E-state index contributed by atoms with van der Waals surface area (Å²) >= 11 is 18.1. The fraction of sp³-hybridized carbons (Fsp3) is 0.316. The molecule has 0 N–H and O–H groups in total. The van der Waals surface area contributed by atoms with Crippen LogP contribution in [-0.2, 0) is 26.1 Å². The Balaban J connectivity index is 1.91. The van der Waals surface area contributed by atoms with E-state index in [9.17, 15) is 13.2 Å². The minimum atomic E-state index is -3.97. The molecule has 1 fully saturated rings. The molecule has 0 saturated carbocycles. The molecule has 0 unspecified atom stereocenters. The van der Waals surface area contributed by atoms with Crippen LogP contribution >= 0.6 is 34.8 Å². The normalized spacial score (nSPS) is 15.0. The Kier molecular flexibility index (Phi) is 7.42. The van der Waals surface area contributed by atoms with E-state index in [1.165, 1.54) is 30.3 Å². The number of benzene rings is 2. The van der Waals surface area contributed by atoms with Gasteiger partial charge in [0.05, 0.1) is 24.7 Å². The van der Waals surface area contributed by atoms with Crippen molar-refractivity contribution in [2.24, 2.45) is 0 Å². The number of carbonyl (C=O) groups excluding carboxylic acids is 1. The standard InChI is InChI=1S/C19H19Cl3N2O4S/c20-15-3-5-17(6-4-15)29(26,27)24(12-14-1-2-16(21)11-18(14)22)13-19(25)23-7-9-28-10-8-23/h1-6,11H,7-10,12-13H2. The number of nitrogens with zero attached hydrogens (tertiary/aromatic N) is 2. The van der Waals surface area contributed by atoms with Gasteiger partial charge in [0.25, 0.3) is 0 Å². The molecule has 2 aromatic rings. The number of sulfonamides is 1. The van der Waals surface area contributed by atoms with Gasteiger partial charge in [0, 0.05) is 34.7 Å². The van der Waals surface area contributed by atoms with Crippen LogP contribution in [0.1, 0.15) is 5.56 Å². The molecule has 1 aliphatic rings. The summed E-state index contributed by atoms with van der Waals surface area (Å²) in [5.41, 5.74) is 0.545. The lowest BCUT2D eigenvalue weighted by Crippen LogP contribution is -2.46. The zero-order valence-electron chi connectivity index (χ0n) is 15.4. The summed E-state index contributed by atoms with van der Waals surface area (Å²) in [5, 5.41) is 1.18. The van der Waals surface area contributed by atoms with Crippen molar-refractivity contribution in [1.29, 1.82) is 0 Å². The first kappa shape index (κ1) is 22.3. The molecule has 0 atom stereocenters. The third-order valence-electron chi connectivity index (χ3n) is 4.49. The number of rotatable bonds is 6. The number of morpholine rings is 1. The van der Waals surface area contributed by atoms with Crippen molar-refractivity contribution in [3.63, 3.8) is 0 Å². The van der Waals surface area contributed by atoms with E-state index in [-0.39, 0.29) is 23.9 Å². The predicted octanol–water partition coefficient (Wildman–Crippen LogP) is 3.70. The Labute approximate surface area is 185 Å². The molecule has 1 amide bonds. The maximum absolute atomic E-state index is 13.3. The summed E-state index contributed by atoms with van der Waals surface area (Å²) in [7, 11) is -3.97. The first-order chi connectivity index (χ1) is 13.8. The minimum absolute atomic E-state index is 0.0433. The van der Waals surface area contributed by atoms with Crippen LogP contribution in [0.25, 0.3) is 0 Å². The molecule has 29 heavy (non-hydrogen) atoms. The largest absolute Gasteiger partial charge is 0.378 e. The Bertz CT molecular complexity index is 977. The number of hydrogen-bond acceptors (Lipinski definition) is 4. The Hall–Kier alpha value is -1.35. The molecule has 0 radical (unpaired) electrons. The van der Waals surface area contributed by atoms with Crippen LogP contribution in [0.4, 0.5) is 0 Å². The SMILES string of the molecule is O=C(CN(Cc1ccc(Cl)cc1Cl)S(=O)(=O)c1ccc(Cl)cc1)N1CCOCC1. The van der Waals surface area contributed by atoms with Crippen molar-refractivity contribution in [2.75, 3.05) is 32.8 Å². The highest BCUT2D eigenvalue weighted by atomic mass is 35.5. The van der Waals surface area contributed by atoms with Gasteiger partial charge < -0.3 is 9.64 Å². The van der Waals surface area contributed by atoms with Gasteiger partial charge in [-0.3, -0.25) is 4.79 Å². The van der Waals surface area contributed by atoms with Gasteiger partial charge in [-0.15, -0.1) is 0 Å². The summed E-state index contributed by atoms with van der Waals surface area (Å²) < 4.78 is 32.9. The molecule has 0 bridgehead atoms. The van der Waals surface area contributed by atoms with Crippen molar-refractivity contribution >= 4 is 50.7 Å². The average molecular weight is 478 g/mol. The van der Waals surface area contributed by atoms with E-state index in [2.05, 4.69) is 0 Å². The molecule has 1 heterocycles.